The van der Waals surface area contributed by atoms with Gasteiger partial charge < -0.3 is 5.32 Å². The zero-order chi connectivity index (χ0) is 21.4. The third-order valence-electron chi connectivity index (χ3n) is 4.13. The molecular formula is C18H13Cl2F2N7O. The number of nitrogens with one attached hydrogen (secondary N) is 1. The van der Waals surface area contributed by atoms with Crippen LogP contribution in [0.1, 0.15) is 34.0 Å². The first-order valence-electron chi connectivity index (χ1n) is 8.60. The summed E-state index contributed by atoms with van der Waals surface area (Å²) < 4.78 is 28.9. The SMILES string of the molecule is Cc1cc(C(F)F)n2nc(C(=O)Nc3cnn(Cc4ccc(Cl)cc4Cl)c3)nc2n1. The summed E-state index contributed by atoms with van der Waals surface area (Å²) in [6.45, 7) is 1.92. The number of anilines is 1. The standard InChI is InChI=1S/C18H13Cl2F2N7O/c1-9-4-14(15(21)22)29-18(24-9)26-16(27-29)17(30)25-12-6-23-28(8-12)7-10-2-3-11(19)5-13(10)20/h2-6,8,15H,7H2,1H3,(H,25,30). The Morgan fingerprint density at radius 3 is 2.77 bits per heavy atom. The number of carbonyl (C=O) groups excluding carboxylic acids is 1. The second-order valence-electron chi connectivity index (χ2n) is 6.39. The fourth-order valence-electron chi connectivity index (χ4n) is 2.79. The second-order valence-corrected chi connectivity index (χ2v) is 7.23. The lowest BCUT2D eigenvalue weighted by Crippen LogP contribution is -2.13. The molecule has 0 fully saturated rings. The predicted molar refractivity (Wildman–Crippen MR) is 106 cm³/mol. The maximum absolute atomic E-state index is 13.2. The van der Waals surface area contributed by atoms with Crippen molar-refractivity contribution in [3.05, 3.63) is 69.5 Å². The van der Waals surface area contributed by atoms with Gasteiger partial charge in [0.1, 0.15) is 5.69 Å². The summed E-state index contributed by atoms with van der Waals surface area (Å²) in [5.41, 5.74) is 1.13. The molecule has 0 spiro atoms. The maximum atomic E-state index is 13.2. The van der Waals surface area contributed by atoms with E-state index >= 15 is 0 Å². The average molecular weight is 452 g/mol. The topological polar surface area (TPSA) is 90.0 Å². The van der Waals surface area contributed by atoms with E-state index in [1.165, 1.54) is 12.3 Å². The van der Waals surface area contributed by atoms with Crippen LogP contribution in [-0.4, -0.2) is 35.3 Å². The van der Waals surface area contributed by atoms with Gasteiger partial charge in [-0.2, -0.15) is 14.6 Å². The van der Waals surface area contributed by atoms with Gasteiger partial charge in [0, 0.05) is 21.9 Å². The quantitative estimate of drug-likeness (QED) is 0.491. The minimum absolute atomic E-state index is 0.0801. The van der Waals surface area contributed by atoms with E-state index in [4.69, 9.17) is 23.2 Å². The molecule has 0 aliphatic heterocycles. The molecule has 0 radical (unpaired) electrons. The van der Waals surface area contributed by atoms with Crippen LogP contribution in [0.4, 0.5) is 14.5 Å². The van der Waals surface area contributed by atoms with Crippen LogP contribution in [0.3, 0.4) is 0 Å². The molecule has 8 nitrogen and oxygen atoms in total. The van der Waals surface area contributed by atoms with Gasteiger partial charge in [0.2, 0.25) is 5.82 Å². The summed E-state index contributed by atoms with van der Waals surface area (Å²) >= 11 is 12.1. The highest BCUT2D eigenvalue weighted by molar-refractivity contribution is 6.35. The van der Waals surface area contributed by atoms with Crippen LogP contribution in [0.15, 0.2) is 36.7 Å². The van der Waals surface area contributed by atoms with Gasteiger partial charge in [-0.1, -0.05) is 29.3 Å². The molecule has 0 bridgehead atoms. The van der Waals surface area contributed by atoms with Crippen molar-refractivity contribution in [1.29, 1.82) is 0 Å². The molecule has 0 aliphatic rings. The Balaban J connectivity index is 1.53. The van der Waals surface area contributed by atoms with Crippen LogP contribution < -0.4 is 5.32 Å². The molecule has 0 unspecified atom stereocenters. The van der Waals surface area contributed by atoms with Gasteiger partial charge in [0.25, 0.3) is 18.1 Å². The lowest BCUT2D eigenvalue weighted by atomic mass is 10.2. The van der Waals surface area contributed by atoms with Gasteiger partial charge >= 0.3 is 0 Å². The zero-order valence-electron chi connectivity index (χ0n) is 15.4. The highest BCUT2D eigenvalue weighted by Gasteiger charge is 2.20. The predicted octanol–water partition coefficient (Wildman–Crippen LogP) is 4.17. The van der Waals surface area contributed by atoms with Crippen molar-refractivity contribution in [2.75, 3.05) is 5.32 Å². The molecule has 4 rings (SSSR count). The highest BCUT2D eigenvalue weighted by Crippen LogP contribution is 2.22. The number of aryl methyl sites for hydroxylation is 1. The Kier molecular flexibility index (Phi) is 5.35. The molecule has 1 N–H and O–H groups in total. The fourth-order valence-corrected chi connectivity index (χ4v) is 3.26. The second kappa shape index (κ2) is 7.96. The molecule has 154 valence electrons. The number of rotatable bonds is 5. The van der Waals surface area contributed by atoms with Crippen LogP contribution in [0.5, 0.6) is 0 Å². The average Bonchev–Trinajstić information content (AvgIpc) is 3.30. The molecule has 0 atom stereocenters. The van der Waals surface area contributed by atoms with Gasteiger partial charge in [-0.25, -0.2) is 13.8 Å². The third kappa shape index (κ3) is 4.10. The normalized spacial score (nSPS) is 11.4. The number of fused-ring (bicyclic) bond motifs is 1. The number of amides is 1. The molecule has 0 saturated carbocycles. The molecule has 3 aromatic heterocycles. The largest absolute Gasteiger partial charge is 0.316 e. The van der Waals surface area contributed by atoms with Crippen LogP contribution in [0, 0.1) is 6.92 Å². The summed E-state index contributed by atoms with van der Waals surface area (Å²) in [6, 6.07) is 6.32. The highest BCUT2D eigenvalue weighted by atomic mass is 35.5. The van der Waals surface area contributed by atoms with Crippen molar-refractivity contribution in [3.8, 4) is 0 Å². The third-order valence-corrected chi connectivity index (χ3v) is 4.72. The van der Waals surface area contributed by atoms with E-state index < -0.39 is 18.0 Å². The van der Waals surface area contributed by atoms with Gasteiger partial charge in [0.15, 0.2) is 0 Å². The van der Waals surface area contributed by atoms with Gasteiger partial charge in [-0.15, -0.1) is 5.10 Å². The zero-order valence-corrected chi connectivity index (χ0v) is 16.9. The maximum Gasteiger partial charge on any atom is 0.295 e. The van der Waals surface area contributed by atoms with Crippen molar-refractivity contribution in [2.45, 2.75) is 19.9 Å². The van der Waals surface area contributed by atoms with E-state index in [0.29, 0.717) is 28.0 Å². The Morgan fingerprint density at radius 2 is 2.03 bits per heavy atom. The molecule has 3 heterocycles. The number of hydrogen-bond donors (Lipinski definition) is 1. The van der Waals surface area contributed by atoms with Crippen molar-refractivity contribution < 1.29 is 13.6 Å². The molecule has 1 aromatic carbocycles. The first-order chi connectivity index (χ1) is 14.3. The van der Waals surface area contributed by atoms with E-state index in [2.05, 4.69) is 25.5 Å². The summed E-state index contributed by atoms with van der Waals surface area (Å²) in [5, 5.41) is 11.6. The minimum atomic E-state index is -2.79. The lowest BCUT2D eigenvalue weighted by molar-refractivity contribution is 0.101. The van der Waals surface area contributed by atoms with Gasteiger partial charge in [-0.05, 0) is 30.7 Å². The number of hydrogen-bond acceptors (Lipinski definition) is 5. The van der Waals surface area contributed by atoms with E-state index in [1.807, 2.05) is 0 Å². The first-order valence-corrected chi connectivity index (χ1v) is 9.36. The minimum Gasteiger partial charge on any atom is -0.316 e. The van der Waals surface area contributed by atoms with Crippen LogP contribution in [-0.2, 0) is 6.54 Å². The lowest BCUT2D eigenvalue weighted by Gasteiger charge is -2.05. The number of aromatic nitrogens is 6. The summed E-state index contributed by atoms with van der Waals surface area (Å²) in [7, 11) is 0. The molecular weight excluding hydrogens is 439 g/mol. The monoisotopic (exact) mass is 451 g/mol. The number of nitrogens with zero attached hydrogens (tertiary/aromatic N) is 6. The number of carbonyl (C=O) groups is 1. The Labute approximate surface area is 178 Å². The first kappa shape index (κ1) is 20.2. The van der Waals surface area contributed by atoms with E-state index in [9.17, 15) is 13.6 Å². The molecule has 30 heavy (non-hydrogen) atoms. The smallest absolute Gasteiger partial charge is 0.295 e. The summed E-state index contributed by atoms with van der Waals surface area (Å²) in [5.74, 6) is -1.05. The van der Waals surface area contributed by atoms with Crippen molar-refractivity contribution >= 4 is 40.6 Å². The summed E-state index contributed by atoms with van der Waals surface area (Å²) in [6.07, 6.45) is 0.237. The number of benzene rings is 1. The van der Waals surface area contributed by atoms with Crippen molar-refractivity contribution in [3.63, 3.8) is 0 Å². The molecule has 12 heteroatoms. The van der Waals surface area contributed by atoms with E-state index in [1.54, 1.807) is 36.0 Å². The Hall–Kier alpha value is -3.11. The summed E-state index contributed by atoms with van der Waals surface area (Å²) in [4.78, 5) is 20.4. The number of alkyl halides is 2. The van der Waals surface area contributed by atoms with Gasteiger partial charge in [0.05, 0.1) is 18.4 Å². The van der Waals surface area contributed by atoms with Crippen LogP contribution in [0.25, 0.3) is 5.78 Å². The van der Waals surface area contributed by atoms with Crippen molar-refractivity contribution in [2.24, 2.45) is 0 Å². The molecule has 0 saturated heterocycles. The molecule has 0 aliphatic carbocycles. The molecule has 1 amide bonds. The van der Waals surface area contributed by atoms with E-state index in [-0.39, 0.29) is 11.6 Å². The van der Waals surface area contributed by atoms with Crippen LogP contribution in [0.2, 0.25) is 10.0 Å². The molecule has 4 aromatic rings. The Morgan fingerprint density at radius 1 is 1.23 bits per heavy atom. The van der Waals surface area contributed by atoms with Gasteiger partial charge in [-0.3, -0.25) is 9.48 Å². The van der Waals surface area contributed by atoms with E-state index in [0.717, 1.165) is 10.1 Å². The number of halogens is 4. The fraction of sp³-hybridized carbons (Fsp3) is 0.167. The van der Waals surface area contributed by atoms with Crippen molar-refractivity contribution in [1.82, 2.24) is 29.4 Å². The Bertz CT molecular complexity index is 1250. The van der Waals surface area contributed by atoms with Crippen LogP contribution >= 0.6 is 23.2 Å².